The molecule has 0 radical (unpaired) electrons. The summed E-state index contributed by atoms with van der Waals surface area (Å²) < 4.78 is 0.774. The Kier molecular flexibility index (Phi) is 4.57. The van der Waals surface area contributed by atoms with Crippen LogP contribution in [-0.4, -0.2) is 23.9 Å². The molecular weight excluding hydrogens is 326 g/mol. The highest BCUT2D eigenvalue weighted by molar-refractivity contribution is 9.10. The third-order valence-corrected chi connectivity index (χ3v) is 5.28. The van der Waals surface area contributed by atoms with Crippen molar-refractivity contribution in [3.8, 4) is 0 Å². The first-order valence-corrected chi connectivity index (χ1v) is 7.93. The maximum Gasteiger partial charge on any atom is 0.255 e. The molecule has 1 amide bonds. The van der Waals surface area contributed by atoms with E-state index >= 15 is 0 Å². The van der Waals surface area contributed by atoms with Gasteiger partial charge in [0.1, 0.15) is 0 Å². The topological polar surface area (TPSA) is 20.3 Å². The Balaban J connectivity index is 2.17. The SMILES string of the molecule is CCC1(CC)CCN(C(=O)c2ccc(Cl)cc2Br)C1. The molecule has 0 spiro atoms. The Morgan fingerprint density at radius 3 is 2.63 bits per heavy atom. The highest BCUT2D eigenvalue weighted by Gasteiger charge is 2.37. The van der Waals surface area contributed by atoms with Crippen LogP contribution in [0.3, 0.4) is 0 Å². The van der Waals surface area contributed by atoms with Crippen molar-refractivity contribution >= 4 is 33.4 Å². The fourth-order valence-corrected chi connectivity index (χ4v) is 3.62. The predicted molar refractivity (Wildman–Crippen MR) is 82.7 cm³/mol. The van der Waals surface area contributed by atoms with Crippen LogP contribution in [0.4, 0.5) is 0 Å². The molecule has 1 aliphatic heterocycles. The van der Waals surface area contributed by atoms with Crippen LogP contribution in [0.25, 0.3) is 0 Å². The van der Waals surface area contributed by atoms with E-state index < -0.39 is 0 Å². The molecule has 19 heavy (non-hydrogen) atoms. The summed E-state index contributed by atoms with van der Waals surface area (Å²) in [5.74, 6) is 0.104. The van der Waals surface area contributed by atoms with Gasteiger partial charge in [-0.15, -0.1) is 0 Å². The molecule has 1 heterocycles. The molecule has 0 aliphatic carbocycles. The molecular formula is C15H19BrClNO. The van der Waals surface area contributed by atoms with Gasteiger partial charge in [0.15, 0.2) is 0 Å². The van der Waals surface area contributed by atoms with E-state index in [1.807, 2.05) is 4.90 Å². The Morgan fingerprint density at radius 1 is 1.42 bits per heavy atom. The largest absolute Gasteiger partial charge is 0.338 e. The van der Waals surface area contributed by atoms with Crippen molar-refractivity contribution in [1.29, 1.82) is 0 Å². The molecule has 0 bridgehead atoms. The summed E-state index contributed by atoms with van der Waals surface area (Å²) in [6.45, 7) is 6.16. The van der Waals surface area contributed by atoms with Gasteiger partial charge in [-0.2, -0.15) is 0 Å². The Labute approximate surface area is 128 Å². The normalized spacial score (nSPS) is 17.8. The minimum absolute atomic E-state index is 0.104. The second-order valence-corrected chi connectivity index (χ2v) is 6.60. The van der Waals surface area contributed by atoms with Crippen molar-refractivity contribution in [2.75, 3.05) is 13.1 Å². The number of nitrogens with zero attached hydrogens (tertiary/aromatic N) is 1. The van der Waals surface area contributed by atoms with Crippen LogP contribution in [0.2, 0.25) is 5.02 Å². The van der Waals surface area contributed by atoms with Crippen LogP contribution in [-0.2, 0) is 0 Å². The molecule has 2 nitrogen and oxygen atoms in total. The summed E-state index contributed by atoms with van der Waals surface area (Å²) in [5, 5.41) is 0.640. The molecule has 2 rings (SSSR count). The molecule has 0 aromatic heterocycles. The Morgan fingerprint density at radius 2 is 2.11 bits per heavy atom. The van der Waals surface area contributed by atoms with Crippen LogP contribution < -0.4 is 0 Å². The van der Waals surface area contributed by atoms with Crippen LogP contribution in [0, 0.1) is 5.41 Å². The number of likely N-dealkylation sites (tertiary alicyclic amines) is 1. The van der Waals surface area contributed by atoms with Crippen LogP contribution in [0.5, 0.6) is 0 Å². The average molecular weight is 345 g/mol. The molecule has 104 valence electrons. The minimum atomic E-state index is 0.104. The lowest BCUT2D eigenvalue weighted by Crippen LogP contribution is -2.32. The summed E-state index contributed by atoms with van der Waals surface area (Å²) >= 11 is 9.34. The van der Waals surface area contributed by atoms with Gasteiger partial charge in [-0.1, -0.05) is 25.4 Å². The molecule has 1 aromatic rings. The monoisotopic (exact) mass is 343 g/mol. The number of carbonyl (C=O) groups is 1. The van der Waals surface area contributed by atoms with Gasteiger partial charge in [-0.3, -0.25) is 4.79 Å². The van der Waals surface area contributed by atoms with E-state index in [-0.39, 0.29) is 5.91 Å². The molecule has 0 saturated carbocycles. The maximum atomic E-state index is 12.6. The lowest BCUT2D eigenvalue weighted by Gasteiger charge is -2.26. The van der Waals surface area contributed by atoms with Crippen LogP contribution in [0.15, 0.2) is 22.7 Å². The van der Waals surface area contributed by atoms with E-state index in [1.165, 1.54) is 0 Å². The second-order valence-electron chi connectivity index (χ2n) is 5.31. The Bertz CT molecular complexity index is 485. The van der Waals surface area contributed by atoms with Crippen LogP contribution in [0.1, 0.15) is 43.5 Å². The first kappa shape index (κ1) is 14.9. The predicted octanol–water partition coefficient (Wildman–Crippen LogP) is 4.75. The zero-order valence-electron chi connectivity index (χ0n) is 11.4. The van der Waals surface area contributed by atoms with E-state index in [0.29, 0.717) is 16.0 Å². The first-order valence-electron chi connectivity index (χ1n) is 6.75. The van der Waals surface area contributed by atoms with Gasteiger partial charge in [0.25, 0.3) is 5.91 Å². The summed E-state index contributed by atoms with van der Waals surface area (Å²) in [6.07, 6.45) is 3.38. The van der Waals surface area contributed by atoms with Gasteiger partial charge in [0.05, 0.1) is 5.56 Å². The van der Waals surface area contributed by atoms with Gasteiger partial charge in [-0.05, 0) is 58.8 Å². The smallest absolute Gasteiger partial charge is 0.255 e. The Hall–Kier alpha value is -0.540. The van der Waals surface area contributed by atoms with Gasteiger partial charge >= 0.3 is 0 Å². The van der Waals surface area contributed by atoms with Crippen molar-refractivity contribution in [2.24, 2.45) is 5.41 Å². The zero-order valence-corrected chi connectivity index (χ0v) is 13.7. The standard InChI is InChI=1S/C15H19BrClNO/c1-3-15(4-2)7-8-18(10-15)14(19)12-6-5-11(17)9-13(12)16/h5-6,9H,3-4,7-8,10H2,1-2H3. The van der Waals surface area contributed by atoms with Gasteiger partial charge < -0.3 is 4.90 Å². The van der Waals surface area contributed by atoms with Crippen molar-refractivity contribution < 1.29 is 4.79 Å². The highest BCUT2D eigenvalue weighted by atomic mass is 79.9. The molecule has 0 unspecified atom stereocenters. The highest BCUT2D eigenvalue weighted by Crippen LogP contribution is 2.38. The summed E-state index contributed by atoms with van der Waals surface area (Å²) in [6, 6.07) is 5.34. The molecule has 1 aromatic carbocycles. The third-order valence-electron chi connectivity index (χ3n) is 4.39. The van der Waals surface area contributed by atoms with Gasteiger partial charge in [0.2, 0.25) is 0 Å². The lowest BCUT2D eigenvalue weighted by atomic mass is 9.82. The summed E-state index contributed by atoms with van der Waals surface area (Å²) in [5.41, 5.74) is 1.02. The molecule has 0 atom stereocenters. The van der Waals surface area contributed by atoms with Gasteiger partial charge in [0, 0.05) is 22.6 Å². The van der Waals surface area contributed by atoms with Crippen molar-refractivity contribution in [1.82, 2.24) is 4.90 Å². The number of carbonyl (C=O) groups excluding carboxylic acids is 1. The van der Waals surface area contributed by atoms with Crippen molar-refractivity contribution in [3.05, 3.63) is 33.3 Å². The first-order chi connectivity index (χ1) is 9.01. The number of halogens is 2. The number of rotatable bonds is 3. The zero-order chi connectivity index (χ0) is 14.0. The van der Waals surface area contributed by atoms with E-state index in [1.54, 1.807) is 18.2 Å². The number of hydrogen-bond donors (Lipinski definition) is 0. The van der Waals surface area contributed by atoms with Crippen molar-refractivity contribution in [3.63, 3.8) is 0 Å². The molecule has 1 fully saturated rings. The average Bonchev–Trinajstić information content (AvgIpc) is 2.83. The van der Waals surface area contributed by atoms with E-state index in [2.05, 4.69) is 29.8 Å². The molecule has 4 heteroatoms. The molecule has 0 N–H and O–H groups in total. The van der Waals surface area contributed by atoms with E-state index in [9.17, 15) is 4.79 Å². The van der Waals surface area contributed by atoms with E-state index in [4.69, 9.17) is 11.6 Å². The number of hydrogen-bond acceptors (Lipinski definition) is 1. The minimum Gasteiger partial charge on any atom is -0.338 e. The lowest BCUT2D eigenvalue weighted by molar-refractivity contribution is 0.0769. The number of benzene rings is 1. The van der Waals surface area contributed by atoms with E-state index in [0.717, 1.165) is 36.8 Å². The van der Waals surface area contributed by atoms with Crippen molar-refractivity contribution in [2.45, 2.75) is 33.1 Å². The van der Waals surface area contributed by atoms with Gasteiger partial charge in [-0.25, -0.2) is 0 Å². The molecule has 1 aliphatic rings. The second kappa shape index (κ2) is 5.84. The third kappa shape index (κ3) is 2.97. The number of amides is 1. The quantitative estimate of drug-likeness (QED) is 0.774. The maximum absolute atomic E-state index is 12.6. The fraction of sp³-hybridized carbons (Fsp3) is 0.533. The summed E-state index contributed by atoms with van der Waals surface area (Å²) in [4.78, 5) is 14.5. The van der Waals surface area contributed by atoms with Crippen LogP contribution >= 0.6 is 27.5 Å². The fourth-order valence-electron chi connectivity index (χ4n) is 2.77. The summed E-state index contributed by atoms with van der Waals surface area (Å²) in [7, 11) is 0. The molecule has 1 saturated heterocycles.